The fourth-order valence-electron chi connectivity index (χ4n) is 2.50. The zero-order valence-corrected chi connectivity index (χ0v) is 14.9. The predicted molar refractivity (Wildman–Crippen MR) is 99.0 cm³/mol. The molecule has 1 aromatic carbocycles. The van der Waals surface area contributed by atoms with Crippen LogP contribution in [-0.2, 0) is 6.54 Å². The Balaban J connectivity index is 2.07. The van der Waals surface area contributed by atoms with E-state index in [9.17, 15) is 9.59 Å². The number of carbonyl (C=O) groups excluding carboxylic acids is 1. The quantitative estimate of drug-likeness (QED) is 0.700. The number of nitrogens with one attached hydrogen (secondary N) is 1. The second kappa shape index (κ2) is 6.94. The van der Waals surface area contributed by atoms with Crippen LogP contribution >= 0.6 is 15.9 Å². The van der Waals surface area contributed by atoms with Crippen LogP contribution in [0.15, 0.2) is 51.9 Å². The van der Waals surface area contributed by atoms with Crippen molar-refractivity contribution in [3.8, 4) is 5.75 Å². The van der Waals surface area contributed by atoms with Crippen LogP contribution in [0.2, 0.25) is 0 Å². The van der Waals surface area contributed by atoms with Crippen LogP contribution in [0.25, 0.3) is 11.0 Å². The molecule has 0 saturated carbocycles. The molecule has 3 aromatic rings. The first-order chi connectivity index (χ1) is 12.0. The Morgan fingerprint density at radius 2 is 2.04 bits per heavy atom. The molecule has 0 radical (unpaired) electrons. The number of nitrogens with two attached hydrogens (primary N) is 1. The number of hydrogen-bond acceptors (Lipinski definition) is 4. The molecule has 0 bridgehead atoms. The van der Waals surface area contributed by atoms with E-state index in [-0.39, 0.29) is 5.56 Å². The maximum Gasteiger partial charge on any atom is 0.316 e. The standard InChI is InChI=1S/C17H15BrN4O3/c1-25-13-4-2-10(3-5-13)9-22-15-11(7-14(18)16(22)23)6-12(8-20-15)21-17(19)24/h2-8H,9H2,1H3,(H3,19,21,24). The highest BCUT2D eigenvalue weighted by atomic mass is 79.9. The number of amides is 2. The molecule has 2 amide bonds. The summed E-state index contributed by atoms with van der Waals surface area (Å²) in [7, 11) is 1.60. The number of aromatic nitrogens is 2. The van der Waals surface area contributed by atoms with Gasteiger partial charge in [-0.1, -0.05) is 12.1 Å². The molecule has 25 heavy (non-hydrogen) atoms. The van der Waals surface area contributed by atoms with E-state index in [0.717, 1.165) is 11.3 Å². The Morgan fingerprint density at radius 3 is 2.68 bits per heavy atom. The van der Waals surface area contributed by atoms with Gasteiger partial charge in [0, 0.05) is 5.39 Å². The maximum absolute atomic E-state index is 12.5. The van der Waals surface area contributed by atoms with Gasteiger partial charge in [-0.25, -0.2) is 9.78 Å². The summed E-state index contributed by atoms with van der Waals surface area (Å²) in [5.41, 5.74) is 6.84. The molecular formula is C17H15BrN4O3. The van der Waals surface area contributed by atoms with Crippen molar-refractivity contribution >= 4 is 38.7 Å². The normalized spacial score (nSPS) is 10.6. The number of fused-ring (bicyclic) bond motifs is 1. The Labute approximate surface area is 151 Å². The number of carbonyl (C=O) groups is 1. The van der Waals surface area contributed by atoms with Crippen LogP contribution in [0.1, 0.15) is 5.56 Å². The van der Waals surface area contributed by atoms with Gasteiger partial charge in [-0.05, 0) is 45.8 Å². The molecule has 0 unspecified atom stereocenters. The van der Waals surface area contributed by atoms with E-state index < -0.39 is 6.03 Å². The minimum Gasteiger partial charge on any atom is -0.497 e. The van der Waals surface area contributed by atoms with Gasteiger partial charge in [0.1, 0.15) is 11.4 Å². The second-order valence-corrected chi connectivity index (χ2v) is 6.21. The molecule has 0 aliphatic rings. The number of halogens is 1. The van der Waals surface area contributed by atoms with Crippen molar-refractivity contribution in [2.75, 3.05) is 12.4 Å². The number of methoxy groups -OCH3 is 1. The number of hydrogen-bond donors (Lipinski definition) is 2. The van der Waals surface area contributed by atoms with Crippen LogP contribution < -0.4 is 21.3 Å². The van der Waals surface area contributed by atoms with Gasteiger partial charge in [0.25, 0.3) is 5.56 Å². The molecule has 0 atom stereocenters. The third-order valence-electron chi connectivity index (χ3n) is 3.65. The summed E-state index contributed by atoms with van der Waals surface area (Å²) in [4.78, 5) is 27.8. The summed E-state index contributed by atoms with van der Waals surface area (Å²) < 4.78 is 7.12. The van der Waals surface area contributed by atoms with Crippen molar-refractivity contribution in [1.82, 2.24) is 9.55 Å². The summed E-state index contributed by atoms with van der Waals surface area (Å²) in [6.07, 6.45) is 1.46. The number of urea groups is 1. The first-order valence-electron chi connectivity index (χ1n) is 7.36. The van der Waals surface area contributed by atoms with Crippen LogP contribution in [0, 0.1) is 0 Å². The van der Waals surface area contributed by atoms with Crippen molar-refractivity contribution in [2.45, 2.75) is 6.54 Å². The average molecular weight is 403 g/mol. The number of primary amides is 1. The molecule has 3 N–H and O–H groups in total. The Morgan fingerprint density at radius 1 is 1.32 bits per heavy atom. The number of benzene rings is 1. The topological polar surface area (TPSA) is 99.2 Å². The van der Waals surface area contributed by atoms with E-state index in [0.29, 0.717) is 27.7 Å². The Kier molecular flexibility index (Phi) is 4.71. The zero-order valence-electron chi connectivity index (χ0n) is 13.3. The van der Waals surface area contributed by atoms with Crippen molar-refractivity contribution in [3.05, 3.63) is 63.0 Å². The number of pyridine rings is 2. The lowest BCUT2D eigenvalue weighted by molar-refractivity contribution is 0.259. The van der Waals surface area contributed by atoms with Crippen molar-refractivity contribution in [1.29, 1.82) is 0 Å². The highest BCUT2D eigenvalue weighted by molar-refractivity contribution is 9.10. The third kappa shape index (κ3) is 3.63. The molecule has 8 heteroatoms. The van der Waals surface area contributed by atoms with Gasteiger partial charge in [0.2, 0.25) is 0 Å². The van der Waals surface area contributed by atoms with Gasteiger partial charge in [0.05, 0.1) is 30.0 Å². The van der Waals surface area contributed by atoms with Crippen LogP contribution in [0.5, 0.6) is 5.75 Å². The van der Waals surface area contributed by atoms with E-state index in [1.165, 1.54) is 6.20 Å². The SMILES string of the molecule is COc1ccc(Cn2c(=O)c(Br)cc3cc(NC(N)=O)cnc32)cc1. The molecule has 2 heterocycles. The van der Waals surface area contributed by atoms with Gasteiger partial charge in [-0.15, -0.1) is 0 Å². The molecule has 2 aromatic heterocycles. The van der Waals surface area contributed by atoms with Crippen LogP contribution in [-0.4, -0.2) is 22.7 Å². The number of nitrogens with zero attached hydrogens (tertiary/aromatic N) is 2. The highest BCUT2D eigenvalue weighted by Crippen LogP contribution is 2.20. The van der Waals surface area contributed by atoms with Crippen molar-refractivity contribution in [3.63, 3.8) is 0 Å². The monoisotopic (exact) mass is 402 g/mol. The lowest BCUT2D eigenvalue weighted by Crippen LogP contribution is -2.23. The van der Waals surface area contributed by atoms with Gasteiger partial charge in [-0.3, -0.25) is 9.36 Å². The van der Waals surface area contributed by atoms with E-state index in [1.807, 2.05) is 24.3 Å². The number of ether oxygens (including phenoxy) is 1. The van der Waals surface area contributed by atoms with Gasteiger partial charge in [-0.2, -0.15) is 0 Å². The fraction of sp³-hybridized carbons (Fsp3) is 0.118. The first-order valence-corrected chi connectivity index (χ1v) is 8.15. The second-order valence-electron chi connectivity index (χ2n) is 5.36. The van der Waals surface area contributed by atoms with Gasteiger partial charge >= 0.3 is 6.03 Å². The minimum atomic E-state index is -0.674. The number of rotatable bonds is 4. The summed E-state index contributed by atoms with van der Waals surface area (Å²) in [6, 6.07) is 10.2. The Hall–Kier alpha value is -2.87. The van der Waals surface area contributed by atoms with Crippen LogP contribution in [0.3, 0.4) is 0 Å². The molecule has 7 nitrogen and oxygen atoms in total. The van der Waals surface area contributed by atoms with Crippen LogP contribution in [0.4, 0.5) is 10.5 Å². The minimum absolute atomic E-state index is 0.188. The number of anilines is 1. The Bertz CT molecular complexity index is 999. The van der Waals surface area contributed by atoms with E-state index in [2.05, 4.69) is 26.2 Å². The first kappa shape index (κ1) is 17.0. The molecule has 0 fully saturated rings. The molecular weight excluding hydrogens is 388 g/mol. The molecule has 0 spiro atoms. The van der Waals surface area contributed by atoms with E-state index in [4.69, 9.17) is 10.5 Å². The lowest BCUT2D eigenvalue weighted by Gasteiger charge is -2.12. The lowest BCUT2D eigenvalue weighted by atomic mass is 10.2. The third-order valence-corrected chi connectivity index (χ3v) is 4.22. The van der Waals surface area contributed by atoms with E-state index >= 15 is 0 Å². The van der Waals surface area contributed by atoms with Crippen molar-refractivity contribution in [2.24, 2.45) is 5.73 Å². The van der Waals surface area contributed by atoms with E-state index in [1.54, 1.807) is 23.8 Å². The largest absolute Gasteiger partial charge is 0.497 e. The smallest absolute Gasteiger partial charge is 0.316 e. The highest BCUT2D eigenvalue weighted by Gasteiger charge is 2.11. The summed E-state index contributed by atoms with van der Waals surface area (Å²) in [5, 5.41) is 3.17. The molecule has 128 valence electrons. The van der Waals surface area contributed by atoms with Gasteiger partial charge < -0.3 is 15.8 Å². The maximum atomic E-state index is 12.5. The summed E-state index contributed by atoms with van der Waals surface area (Å²) in [5.74, 6) is 0.746. The summed E-state index contributed by atoms with van der Waals surface area (Å²) >= 11 is 3.29. The molecule has 0 saturated heterocycles. The zero-order chi connectivity index (χ0) is 18.0. The molecule has 0 aliphatic heterocycles. The predicted octanol–water partition coefficient (Wildman–Crippen LogP) is 2.71. The fourth-order valence-corrected chi connectivity index (χ4v) is 2.96. The van der Waals surface area contributed by atoms with Gasteiger partial charge in [0.15, 0.2) is 0 Å². The van der Waals surface area contributed by atoms with Crippen molar-refractivity contribution < 1.29 is 9.53 Å². The molecule has 0 aliphatic carbocycles. The summed E-state index contributed by atoms with van der Waals surface area (Å²) in [6.45, 7) is 0.356. The molecule has 3 rings (SSSR count). The average Bonchev–Trinajstić information content (AvgIpc) is 2.59.